The highest BCUT2D eigenvalue weighted by Gasteiger charge is 2.05. The van der Waals surface area contributed by atoms with Gasteiger partial charge < -0.3 is 9.69 Å². The number of hydrogen-bond donors (Lipinski definition) is 2. The maximum Gasteiger partial charge on any atom is 0.230 e. The van der Waals surface area contributed by atoms with Crippen molar-refractivity contribution < 1.29 is 9.18 Å². The van der Waals surface area contributed by atoms with Gasteiger partial charge in [0.05, 0.1) is 6.42 Å². The fourth-order valence-electron chi connectivity index (χ4n) is 1.13. The third-order valence-corrected chi connectivity index (χ3v) is 2.65. The third-order valence-electron chi connectivity index (χ3n) is 1.87. The summed E-state index contributed by atoms with van der Waals surface area (Å²) < 4.78 is 15.5. The molecule has 2 aromatic rings. The van der Waals surface area contributed by atoms with Crippen molar-refractivity contribution in [3.8, 4) is 0 Å². The first-order chi connectivity index (χ1) is 7.24. The number of rotatable bonds is 3. The van der Waals surface area contributed by atoms with Crippen molar-refractivity contribution in [3.05, 3.63) is 41.2 Å². The average molecular weight is 224 g/mol. The second kappa shape index (κ2) is 4.27. The Bertz CT molecular complexity index is 437. The normalized spacial score (nSPS) is 10.2. The van der Waals surface area contributed by atoms with Crippen LogP contribution in [0.5, 0.6) is 0 Å². The smallest absolute Gasteiger partial charge is 0.230 e. The van der Waals surface area contributed by atoms with Crippen LogP contribution in [0.2, 0.25) is 0 Å². The molecule has 0 saturated carbocycles. The van der Waals surface area contributed by atoms with Crippen molar-refractivity contribution in [2.24, 2.45) is 0 Å². The second-order valence-corrected chi connectivity index (χ2v) is 3.77. The molecule has 0 fully saturated rings. The summed E-state index contributed by atoms with van der Waals surface area (Å²) in [4.78, 5) is 11.4. The number of aromatic nitrogens is 1. The van der Waals surface area contributed by atoms with E-state index in [4.69, 9.17) is 0 Å². The maximum absolute atomic E-state index is 12.6. The van der Waals surface area contributed by atoms with Gasteiger partial charge in [-0.1, -0.05) is 11.5 Å². The lowest BCUT2D eigenvalue weighted by Crippen LogP contribution is -2.15. The summed E-state index contributed by atoms with van der Waals surface area (Å²) in [6, 6.07) is 5.69. The lowest BCUT2D eigenvalue weighted by molar-refractivity contribution is -0.115. The molecule has 0 aliphatic carbocycles. The van der Waals surface area contributed by atoms with Gasteiger partial charge in [-0.25, -0.2) is 4.39 Å². The molecule has 1 amide bonds. The minimum Gasteiger partial charge on any atom is -0.326 e. The Morgan fingerprint density at radius 3 is 2.60 bits per heavy atom. The molecule has 0 bridgehead atoms. The first kappa shape index (κ1) is 9.92. The maximum atomic E-state index is 12.6. The molecule has 0 atom stereocenters. The number of halogens is 1. The Morgan fingerprint density at radius 2 is 2.07 bits per heavy atom. The number of anilines is 1. The van der Waals surface area contributed by atoms with Gasteiger partial charge in [-0.2, -0.15) is 0 Å². The zero-order valence-electron chi connectivity index (χ0n) is 7.79. The largest absolute Gasteiger partial charge is 0.326 e. The molecule has 1 aromatic carbocycles. The highest BCUT2D eigenvalue weighted by molar-refractivity contribution is 7.04. The summed E-state index contributed by atoms with van der Waals surface area (Å²) in [5.41, 5.74) is 1.51. The Labute approximate surface area is 90.1 Å². The molecule has 2 N–H and O–H groups in total. The summed E-state index contributed by atoms with van der Waals surface area (Å²) in [6.07, 6.45) is 0.324. The van der Waals surface area contributed by atoms with Crippen LogP contribution in [0.15, 0.2) is 29.6 Å². The number of nitrogens with one attached hydrogen (secondary N) is 2. The monoisotopic (exact) mass is 224 g/mol. The van der Waals surface area contributed by atoms with Gasteiger partial charge in [0.15, 0.2) is 0 Å². The molecule has 0 aliphatic heterocycles. The number of hydrogen-bond acceptors (Lipinski definition) is 2. The molecule has 3 nitrogen and oxygen atoms in total. The lowest BCUT2D eigenvalue weighted by Gasteiger charge is -2.05. The Hall–Kier alpha value is -1.62. The van der Waals surface area contributed by atoms with E-state index in [1.165, 1.54) is 35.8 Å². The first-order valence-corrected chi connectivity index (χ1v) is 5.28. The number of H-pyrrole nitrogens is 1. The molecule has 0 aliphatic rings. The molecule has 15 heavy (non-hydrogen) atoms. The standard InChI is InChI=1S/C10H9FN2OS/c11-7-1-3-8(4-2-7)12-10(14)5-9-6-15-13-9/h1-4,6,13H,5H2,(H,12,14). The van der Waals surface area contributed by atoms with Crippen molar-refractivity contribution in [3.63, 3.8) is 0 Å². The molecule has 1 aromatic heterocycles. The van der Waals surface area contributed by atoms with Gasteiger partial charge in [-0.05, 0) is 24.3 Å². The number of carbonyl (C=O) groups excluding carboxylic acids is 1. The number of carbonyl (C=O) groups is 1. The fourth-order valence-corrected chi connectivity index (χ4v) is 1.57. The van der Waals surface area contributed by atoms with Gasteiger partial charge in [-0.15, -0.1) is 0 Å². The van der Waals surface area contributed by atoms with Crippen molar-refractivity contribution in [2.45, 2.75) is 6.42 Å². The highest BCUT2D eigenvalue weighted by Crippen LogP contribution is 2.10. The first-order valence-electron chi connectivity index (χ1n) is 4.40. The van der Waals surface area contributed by atoms with Crippen LogP contribution in [0.25, 0.3) is 0 Å². The average Bonchev–Trinajstić information content (AvgIpc) is 2.16. The number of benzene rings is 1. The summed E-state index contributed by atoms with van der Waals surface area (Å²) in [5, 5.41) is 4.55. The van der Waals surface area contributed by atoms with Crippen LogP contribution in [-0.2, 0) is 11.2 Å². The minimum atomic E-state index is -0.312. The lowest BCUT2D eigenvalue weighted by atomic mass is 10.3. The second-order valence-electron chi connectivity index (χ2n) is 3.09. The van der Waals surface area contributed by atoms with Crippen molar-refractivity contribution in [1.29, 1.82) is 0 Å². The molecule has 78 valence electrons. The number of aromatic amines is 1. The van der Waals surface area contributed by atoms with Crippen molar-refractivity contribution in [1.82, 2.24) is 4.37 Å². The summed E-state index contributed by atoms with van der Waals surface area (Å²) >= 11 is 1.45. The van der Waals surface area contributed by atoms with E-state index in [0.29, 0.717) is 12.1 Å². The van der Waals surface area contributed by atoms with Crippen LogP contribution in [0.1, 0.15) is 5.69 Å². The van der Waals surface area contributed by atoms with Gasteiger partial charge in [0.2, 0.25) is 5.91 Å². The molecule has 1 heterocycles. The molecule has 2 rings (SSSR count). The van der Waals surface area contributed by atoms with Crippen LogP contribution in [-0.4, -0.2) is 10.3 Å². The van der Waals surface area contributed by atoms with E-state index in [1.807, 2.05) is 5.38 Å². The van der Waals surface area contributed by atoms with Crippen molar-refractivity contribution in [2.75, 3.05) is 5.32 Å². The molecular formula is C10H9FN2OS. The van der Waals surface area contributed by atoms with E-state index in [2.05, 4.69) is 9.69 Å². The topological polar surface area (TPSA) is 44.9 Å². The van der Waals surface area contributed by atoms with E-state index < -0.39 is 0 Å². The van der Waals surface area contributed by atoms with E-state index in [0.717, 1.165) is 5.69 Å². The van der Waals surface area contributed by atoms with Gasteiger partial charge in [0.1, 0.15) is 5.82 Å². The van der Waals surface area contributed by atoms with Gasteiger partial charge >= 0.3 is 0 Å². The molecule has 5 heteroatoms. The zero-order chi connectivity index (χ0) is 10.7. The van der Waals surface area contributed by atoms with Crippen LogP contribution < -0.4 is 5.32 Å². The fraction of sp³-hybridized carbons (Fsp3) is 0.100. The van der Waals surface area contributed by atoms with E-state index in [1.54, 1.807) is 0 Å². The van der Waals surface area contributed by atoms with Gasteiger partial charge in [0.25, 0.3) is 0 Å². The van der Waals surface area contributed by atoms with Gasteiger partial charge in [0, 0.05) is 16.8 Å². The Morgan fingerprint density at radius 1 is 1.40 bits per heavy atom. The minimum absolute atomic E-state index is 0.111. The van der Waals surface area contributed by atoms with Gasteiger partial charge in [-0.3, -0.25) is 4.79 Å². The quantitative estimate of drug-likeness (QED) is 0.826. The Kier molecular flexibility index (Phi) is 2.82. The zero-order valence-corrected chi connectivity index (χ0v) is 8.60. The van der Waals surface area contributed by atoms with Crippen molar-refractivity contribution >= 4 is 23.1 Å². The predicted molar refractivity (Wildman–Crippen MR) is 57.4 cm³/mol. The summed E-state index contributed by atoms with van der Waals surface area (Å²) in [5.74, 6) is -0.423. The summed E-state index contributed by atoms with van der Waals surface area (Å²) in [6.45, 7) is 0. The Balaban J connectivity index is 1.92. The molecule has 0 unspecified atom stereocenters. The van der Waals surface area contributed by atoms with E-state index in [-0.39, 0.29) is 11.7 Å². The molecule has 0 radical (unpaired) electrons. The van der Waals surface area contributed by atoms with Crippen LogP contribution in [0, 0.1) is 5.82 Å². The SMILES string of the molecule is O=C(Cc1cs[nH]1)Nc1ccc(F)cc1. The van der Waals surface area contributed by atoms with Crippen LogP contribution in [0.4, 0.5) is 10.1 Å². The highest BCUT2D eigenvalue weighted by atomic mass is 32.1. The number of amides is 1. The van der Waals surface area contributed by atoms with Crippen LogP contribution in [0.3, 0.4) is 0 Å². The molecule has 0 spiro atoms. The van der Waals surface area contributed by atoms with Crippen LogP contribution >= 0.6 is 11.5 Å². The molecule has 0 saturated heterocycles. The van der Waals surface area contributed by atoms with E-state index >= 15 is 0 Å². The summed E-state index contributed by atoms with van der Waals surface area (Å²) in [7, 11) is 0. The van der Waals surface area contributed by atoms with E-state index in [9.17, 15) is 9.18 Å². The third kappa shape index (κ3) is 2.66. The predicted octanol–water partition coefficient (Wildman–Crippen LogP) is 2.40. The molecular weight excluding hydrogens is 215 g/mol.